The van der Waals surface area contributed by atoms with Crippen molar-refractivity contribution in [2.24, 2.45) is 0 Å². The number of para-hydroxylation sites is 5. The molecule has 0 amide bonds. The first-order valence-electron chi connectivity index (χ1n) is 51.3. The Morgan fingerprint density at radius 3 is 0.910 bits per heavy atom. The molecule has 0 unspecified atom stereocenters. The number of rotatable bonds is 9. The van der Waals surface area contributed by atoms with Crippen molar-refractivity contribution < 1.29 is 11.0 Å². The molecule has 5 aromatic heterocycles. The topological polar surface area (TPSA) is 31.1 Å². The van der Waals surface area contributed by atoms with E-state index in [1.165, 1.54) is 44.2 Å². The summed E-state index contributed by atoms with van der Waals surface area (Å²) < 4.78 is 88.6. The van der Waals surface area contributed by atoms with E-state index in [0.29, 0.717) is 11.2 Å². The number of nitrogens with zero attached hydrogens (tertiary/aromatic N) is 7. The molecule has 134 heavy (non-hydrogen) atoms. The molecule has 0 atom stereocenters. The summed E-state index contributed by atoms with van der Waals surface area (Å²) in [5.74, 6) is 0. The molecule has 24 rings (SSSR count). The summed E-state index contributed by atoms with van der Waals surface area (Å²) in [6.45, 7) is 41.0. The molecule has 0 radical (unpaired) electrons. The second kappa shape index (κ2) is 29.5. The van der Waals surface area contributed by atoms with Crippen LogP contribution in [0.5, 0.6) is 0 Å². The molecule has 0 saturated heterocycles. The standard InChI is InChI=1S/C126H112BN7/c1-121(2,3)81-48-58-106-96(67-81)97-68-82(122(4,5)6)49-59-107(97)128(106)88-54-56-102-114(73-88)131(90-65-79(77-34-22-19-23-35-77)64-80(66-90)78-36-24-20-25-37-78)116-75-91(130-110-62-52-85(125(13,14)15)71-100(110)101-72-86(126(16,17)18)53-63-111(101)130)76-117-118(116)127(102)103-57-55-89(129-108-60-50-83(123(7,8)9)69-98(108)99-70-84(124(10,11)12)51-61-109(99)129)74-115(103)134(117)113-47-33-43-95-94-42-32-46-112(119(94)132(120(95)113)87-38-26-21-27-39-87)133-104-44-30-28-40-92(104)93-41-29-31-45-105(93)133/h19-76H,1-18H3/i28D,29D,30D,31D,40D,41D,44D,45D. The van der Waals surface area contributed by atoms with Gasteiger partial charge in [0.05, 0.1) is 83.2 Å². The molecule has 0 bridgehead atoms. The summed E-state index contributed by atoms with van der Waals surface area (Å²) in [4.78, 5) is 5.18. The molecule has 7 nitrogen and oxygen atoms in total. The van der Waals surface area contributed by atoms with Crippen LogP contribution in [0.25, 0.3) is 160 Å². The Balaban J connectivity index is 0.899. The van der Waals surface area contributed by atoms with E-state index in [-0.39, 0.29) is 66.4 Å². The van der Waals surface area contributed by atoms with Crippen LogP contribution in [0.4, 0.5) is 34.1 Å². The average Bonchev–Trinajstić information content (AvgIpc) is 0.952. The smallest absolute Gasteiger partial charge is 0.252 e. The zero-order valence-corrected chi connectivity index (χ0v) is 79.6. The fourth-order valence-corrected chi connectivity index (χ4v) is 21.9. The van der Waals surface area contributed by atoms with Gasteiger partial charge in [-0.05, 0) is 268 Å². The van der Waals surface area contributed by atoms with E-state index in [9.17, 15) is 11.0 Å². The minimum Gasteiger partial charge on any atom is -0.311 e. The van der Waals surface area contributed by atoms with Crippen LogP contribution in [0, 0.1) is 0 Å². The molecule has 654 valence electrons. The molecular formula is C126H112BN7. The molecule has 0 fully saturated rings. The minimum atomic E-state index is -0.508. The summed E-state index contributed by atoms with van der Waals surface area (Å²) in [6.07, 6.45) is 0. The Morgan fingerprint density at radius 1 is 0.201 bits per heavy atom. The van der Waals surface area contributed by atoms with Crippen LogP contribution in [-0.2, 0) is 32.5 Å². The van der Waals surface area contributed by atoms with Gasteiger partial charge in [0, 0.05) is 99.4 Å². The molecule has 7 heterocycles. The van der Waals surface area contributed by atoms with Crippen molar-refractivity contribution in [2.45, 2.75) is 157 Å². The second-order valence-electron chi connectivity index (χ2n) is 43.7. The van der Waals surface area contributed by atoms with Gasteiger partial charge < -0.3 is 32.6 Å². The van der Waals surface area contributed by atoms with Crippen LogP contribution in [-0.4, -0.2) is 29.5 Å². The van der Waals surface area contributed by atoms with E-state index in [1.807, 2.05) is 30.3 Å². The van der Waals surface area contributed by atoms with Crippen molar-refractivity contribution in [3.63, 3.8) is 0 Å². The molecule has 2 aliphatic heterocycles. The van der Waals surface area contributed by atoms with Crippen LogP contribution in [0.15, 0.2) is 352 Å². The maximum atomic E-state index is 10.1. The van der Waals surface area contributed by atoms with Crippen molar-refractivity contribution in [3.8, 4) is 50.7 Å². The number of hydrogen-bond donors (Lipinski definition) is 0. The normalized spacial score (nSPS) is 14.2. The second-order valence-corrected chi connectivity index (χ2v) is 43.7. The molecule has 17 aromatic carbocycles. The van der Waals surface area contributed by atoms with Gasteiger partial charge in [-0.25, -0.2) is 0 Å². The summed E-state index contributed by atoms with van der Waals surface area (Å²) in [5, 5.41) is 8.65. The summed E-state index contributed by atoms with van der Waals surface area (Å²) >= 11 is 0. The lowest BCUT2D eigenvalue weighted by Crippen LogP contribution is -2.61. The van der Waals surface area contributed by atoms with Crippen molar-refractivity contribution in [1.29, 1.82) is 0 Å². The van der Waals surface area contributed by atoms with Crippen LogP contribution in [0.3, 0.4) is 0 Å². The van der Waals surface area contributed by atoms with Crippen molar-refractivity contribution >= 4 is 166 Å². The van der Waals surface area contributed by atoms with Crippen molar-refractivity contribution in [2.75, 3.05) is 9.80 Å². The SMILES string of the molecule is [2H]c1c([2H])c([2H])c2c(c1[2H])c1c([2H])c([2H])c([2H])c([2H])c1n2-c1cccc2c3cccc(N4c5cc(-n6c7ccc(C(C)(C)C)cc7c7cc(C(C)(C)C)ccc76)ccc5B5c6ccc(-n7c8ccc(C(C)(C)C)cc8c8cc(C(C)(C)C)ccc87)cc6N(c6cc(-c7ccccc7)cc(-c7ccccc7)c6)c6cc(-n7c8ccc(C(C)(C)C)cc8c8cc(C(C)(C)C)ccc87)cc4c65)c3n(-c3ccccc3)c12. The lowest BCUT2D eigenvalue weighted by molar-refractivity contribution is 0.590. The lowest BCUT2D eigenvalue weighted by atomic mass is 9.33. The third kappa shape index (κ3) is 12.9. The fourth-order valence-electron chi connectivity index (χ4n) is 21.9. The van der Waals surface area contributed by atoms with Gasteiger partial charge in [0.25, 0.3) is 6.71 Å². The van der Waals surface area contributed by atoms with Gasteiger partial charge >= 0.3 is 0 Å². The van der Waals surface area contributed by atoms with E-state index in [2.05, 4.69) is 426 Å². The largest absolute Gasteiger partial charge is 0.311 e. The summed E-state index contributed by atoms with van der Waals surface area (Å²) in [5.41, 5.74) is 31.6. The first kappa shape index (κ1) is 74.0. The van der Waals surface area contributed by atoms with Gasteiger partial charge in [-0.1, -0.05) is 313 Å². The highest BCUT2D eigenvalue weighted by atomic mass is 15.2. The fraction of sp³-hybridized carbons (Fsp3) is 0.190. The predicted molar refractivity (Wildman–Crippen MR) is 575 cm³/mol. The van der Waals surface area contributed by atoms with Gasteiger partial charge in [0.15, 0.2) is 0 Å². The molecular weight excluding hydrogens is 1620 g/mol. The van der Waals surface area contributed by atoms with Gasteiger partial charge in [-0.2, -0.15) is 0 Å². The Bertz CT molecular complexity index is 8860. The van der Waals surface area contributed by atoms with Crippen LogP contribution in [0.1, 0.15) is 169 Å². The first-order chi connectivity index (χ1) is 67.6. The number of benzene rings is 17. The highest BCUT2D eigenvalue weighted by molar-refractivity contribution is 7.00. The van der Waals surface area contributed by atoms with E-state index in [0.717, 1.165) is 166 Å². The van der Waals surface area contributed by atoms with Crippen molar-refractivity contribution in [3.05, 3.63) is 385 Å². The molecule has 0 spiro atoms. The number of hydrogen-bond acceptors (Lipinski definition) is 2. The lowest BCUT2D eigenvalue weighted by Gasteiger charge is -2.45. The van der Waals surface area contributed by atoms with E-state index < -0.39 is 43.0 Å². The van der Waals surface area contributed by atoms with E-state index in [1.54, 1.807) is 4.57 Å². The highest BCUT2D eigenvalue weighted by Crippen LogP contribution is 2.54. The third-order valence-corrected chi connectivity index (χ3v) is 29.0. The Hall–Kier alpha value is -14.6. The highest BCUT2D eigenvalue weighted by Gasteiger charge is 2.46. The van der Waals surface area contributed by atoms with Crippen LogP contribution in [0.2, 0.25) is 0 Å². The molecule has 8 heteroatoms. The van der Waals surface area contributed by atoms with Gasteiger partial charge in [0.1, 0.15) is 0 Å². The average molecular weight is 1740 g/mol. The Labute approximate surface area is 797 Å². The molecule has 2 aliphatic rings. The van der Waals surface area contributed by atoms with Crippen molar-refractivity contribution in [1.82, 2.24) is 22.8 Å². The van der Waals surface area contributed by atoms with Gasteiger partial charge in [-0.15, -0.1) is 0 Å². The summed E-state index contributed by atoms with van der Waals surface area (Å²) in [7, 11) is 0. The zero-order chi connectivity index (χ0) is 99.0. The van der Waals surface area contributed by atoms with Gasteiger partial charge in [-0.3, -0.25) is 0 Å². The molecule has 0 aliphatic carbocycles. The number of aromatic nitrogens is 5. The zero-order valence-electron chi connectivity index (χ0n) is 87.6. The minimum absolute atomic E-state index is 0.000821. The van der Waals surface area contributed by atoms with Crippen LogP contribution >= 0.6 is 0 Å². The Morgan fingerprint density at radius 2 is 0.530 bits per heavy atom. The molecule has 22 aromatic rings. The van der Waals surface area contributed by atoms with E-state index in [4.69, 9.17) is 0 Å². The molecule has 0 saturated carbocycles. The maximum absolute atomic E-state index is 10.1. The monoisotopic (exact) mass is 1740 g/mol. The predicted octanol–water partition coefficient (Wildman–Crippen LogP) is 32.4. The first-order valence-corrected chi connectivity index (χ1v) is 47.3. The number of anilines is 6. The number of fused-ring (bicyclic) bond motifs is 19. The van der Waals surface area contributed by atoms with Gasteiger partial charge in [0.2, 0.25) is 0 Å². The summed E-state index contributed by atoms with van der Waals surface area (Å²) in [6, 6.07) is 111. The third-order valence-electron chi connectivity index (χ3n) is 29.0. The van der Waals surface area contributed by atoms with Crippen LogP contribution < -0.4 is 26.2 Å². The maximum Gasteiger partial charge on any atom is 0.252 e. The molecule has 0 N–H and O–H groups in total. The Kier molecular flexibility index (Phi) is 16.3. The van der Waals surface area contributed by atoms with E-state index >= 15 is 0 Å². The quantitative estimate of drug-likeness (QED) is 0.135.